The molecule has 3 radical (unpaired) electrons. The Labute approximate surface area is 784 Å². The summed E-state index contributed by atoms with van der Waals surface area (Å²) in [6.45, 7) is 30.8. The van der Waals surface area contributed by atoms with Crippen molar-refractivity contribution in [2.45, 2.75) is 350 Å². The molecule has 18 atom stereocenters. The van der Waals surface area contributed by atoms with E-state index in [-0.39, 0.29) is 172 Å². The molecule has 3 saturated heterocycles. The molecule has 693 valence electrons. The van der Waals surface area contributed by atoms with Crippen molar-refractivity contribution in [2.75, 3.05) is 19.6 Å². The van der Waals surface area contributed by atoms with Gasteiger partial charge in [0.2, 0.25) is 17.7 Å². The molecule has 6 aromatic heterocycles. The zero-order valence-corrected chi connectivity index (χ0v) is 81.6. The van der Waals surface area contributed by atoms with Crippen LogP contribution in [0.5, 0.6) is 17.5 Å². The average molecular weight is 1870 g/mol. The summed E-state index contributed by atoms with van der Waals surface area (Å²) < 4.78 is 44.8. The summed E-state index contributed by atoms with van der Waals surface area (Å²) in [6.07, 6.45) is 39.8. The summed E-state index contributed by atoms with van der Waals surface area (Å²) >= 11 is 0. The first-order valence-electron chi connectivity index (χ1n) is 46.5. The van der Waals surface area contributed by atoms with Crippen LogP contribution in [0.25, 0.3) is 16.9 Å². The molecule has 15 rings (SSSR count). The maximum absolute atomic E-state index is 14.2. The zero-order valence-electron chi connectivity index (χ0n) is 77.4. The quantitative estimate of drug-likeness (QED) is 0.0849. The van der Waals surface area contributed by atoms with Crippen LogP contribution in [0.3, 0.4) is 0 Å². The van der Waals surface area contributed by atoms with E-state index >= 15 is 0 Å². The Hall–Kier alpha value is -7.36. The Morgan fingerprint density at radius 1 is 0.457 bits per heavy atom. The van der Waals surface area contributed by atoms with Gasteiger partial charge >= 0.3 is 29.6 Å². The minimum absolute atomic E-state index is 0. The van der Waals surface area contributed by atoms with E-state index in [2.05, 4.69) is 59.1 Å². The van der Waals surface area contributed by atoms with Gasteiger partial charge in [0.1, 0.15) is 46.5 Å². The van der Waals surface area contributed by atoms with E-state index in [0.717, 1.165) is 176 Å². The first-order chi connectivity index (χ1) is 59.0. The Bertz CT molecular complexity index is 4680. The summed E-state index contributed by atoms with van der Waals surface area (Å²) in [5, 5.41) is 8.49. The number of hydrogen-bond acceptors (Lipinski definition) is 21. The molecular formula is C96H135N12O16V3-3. The van der Waals surface area contributed by atoms with Crippen LogP contribution >= 0.6 is 0 Å². The fourth-order valence-electron chi connectivity index (χ4n) is 21.9. The number of imidazole rings is 1. The van der Waals surface area contributed by atoms with E-state index in [1.54, 1.807) is 32.8 Å². The third-order valence-electron chi connectivity index (χ3n) is 29.5. The number of aryl methyl sites for hydroxylation is 2. The number of esters is 3. The summed E-state index contributed by atoms with van der Waals surface area (Å²) in [6, 6.07) is 3.34. The van der Waals surface area contributed by atoms with Crippen LogP contribution in [0.2, 0.25) is 0 Å². The van der Waals surface area contributed by atoms with E-state index in [9.17, 15) is 47.9 Å². The summed E-state index contributed by atoms with van der Waals surface area (Å²) in [7, 11) is 0. The van der Waals surface area contributed by atoms with Crippen LogP contribution in [0.4, 0.5) is 0 Å². The molecule has 9 aliphatic rings. The third kappa shape index (κ3) is 22.7. The molecule has 0 N–H and O–H groups in total. The van der Waals surface area contributed by atoms with E-state index in [1.807, 2.05) is 119 Å². The molecule has 31 heteroatoms. The molecule has 3 amide bonds. The molecule has 28 nitrogen and oxygen atoms in total. The second kappa shape index (κ2) is 42.9. The van der Waals surface area contributed by atoms with Gasteiger partial charge in [-0.25, -0.2) is 42.7 Å². The Balaban J connectivity index is 0.000000196. The van der Waals surface area contributed by atoms with Gasteiger partial charge in [-0.05, 0) is 182 Å². The Kier molecular flexibility index (Phi) is 34.4. The molecule has 3 aliphatic carbocycles. The molecule has 0 unspecified atom stereocenters. The zero-order chi connectivity index (χ0) is 89.0. The van der Waals surface area contributed by atoms with Crippen molar-refractivity contribution in [3.8, 4) is 17.5 Å². The number of nitrogens with zero attached hydrogens (tertiary/aromatic N) is 12. The monoisotopic (exact) mass is 1860 g/mol. The number of rotatable bonds is 6. The van der Waals surface area contributed by atoms with Crippen molar-refractivity contribution in [1.82, 2.24) is 57.8 Å². The first kappa shape index (κ1) is 102. The molecule has 0 aromatic carbocycles. The number of hydrogen-bond donors (Lipinski definition) is 0. The fraction of sp³-hybridized carbons (Fsp3) is 0.719. The van der Waals surface area contributed by atoms with Crippen molar-refractivity contribution in [3.63, 3.8) is 0 Å². The van der Waals surface area contributed by atoms with Gasteiger partial charge in [-0.1, -0.05) is 159 Å². The number of carbonyl (C=O) groups is 6. The minimum Gasteiger partial charge on any atom is -0.540 e. The minimum atomic E-state index is -0.842. The molecule has 0 spiro atoms. The first-order valence-corrected chi connectivity index (χ1v) is 46.5. The number of carbonyl (C=O) groups excluding carboxylic acids is 9. The molecule has 127 heavy (non-hydrogen) atoms. The molecule has 6 aliphatic heterocycles. The number of aromatic nitrogens is 9. The van der Waals surface area contributed by atoms with Crippen molar-refractivity contribution in [3.05, 3.63) is 77.1 Å². The van der Waals surface area contributed by atoms with Crippen LogP contribution in [0.15, 0.2) is 60.2 Å². The van der Waals surface area contributed by atoms with Crippen LogP contribution in [0, 0.1) is 69.5 Å². The van der Waals surface area contributed by atoms with Crippen LogP contribution in [0.1, 0.15) is 288 Å². The molecule has 12 heterocycles. The number of pyridine rings is 1. The van der Waals surface area contributed by atoms with Crippen LogP contribution in [-0.2, 0) is 132 Å². The van der Waals surface area contributed by atoms with Crippen LogP contribution in [-0.4, -0.2) is 185 Å². The van der Waals surface area contributed by atoms with Gasteiger partial charge in [-0.2, -0.15) is 19.7 Å². The normalized spacial score (nSPS) is 31.1. The van der Waals surface area contributed by atoms with Gasteiger partial charge < -0.3 is 61.9 Å². The second-order valence-corrected chi connectivity index (χ2v) is 40.9. The van der Waals surface area contributed by atoms with Crippen molar-refractivity contribution in [1.29, 1.82) is 0 Å². The number of amides is 3. The summed E-state index contributed by atoms with van der Waals surface area (Å²) in [5.74, 6) is -2.18. The predicted octanol–water partition coefficient (Wildman–Crippen LogP) is 14.5. The van der Waals surface area contributed by atoms with Gasteiger partial charge in [-0.15, -0.1) is 0 Å². The average Bonchev–Trinajstić information content (AvgIpc) is 1.63. The smallest absolute Gasteiger partial charge is 0.354 e. The number of ether oxygens (including phenoxy) is 6. The van der Waals surface area contributed by atoms with E-state index < -0.39 is 81.1 Å². The van der Waals surface area contributed by atoms with Gasteiger partial charge in [-0.3, -0.25) is 28.8 Å². The predicted molar refractivity (Wildman–Crippen MR) is 465 cm³/mol. The number of fused-ring (bicyclic) bond motifs is 15. The van der Waals surface area contributed by atoms with Gasteiger partial charge in [0.15, 0.2) is 17.0 Å². The SMILES string of the molecule is CC[C@@H]1[C@@H]2CN(C(=O)[C@H](C(C)(C)C)CC(=O)O[C@]3(C)CCC[C@H]3CCCCCc3cn4ccnc4cc3O2)[C@@H]1[C-]=O.CC[C@@H]1[C@@H]2CN(C(=O)[C@H](C(C)(C)C)CC(=O)O[C@]3(C)CCC[C@H]3CCCCCc3nc4ccnn4cc3O2)[C@@H]1[C-]=O.CC[C@@H]1[C@@H]2CN(C(=O)[C@H](C(C)(C)C)CC(=O)O[C@]3(C)CCC[C@H]3CCCCCn3c(nc4ccnn4c3=O)O2)[C@@H]1[C-]=O.[V].[V].[V]. The molecule has 6 bridgehead atoms. The van der Waals surface area contributed by atoms with Gasteiger partial charge in [0.25, 0.3) is 0 Å². The maximum Gasteiger partial charge on any atom is 0.354 e. The Morgan fingerprint density at radius 2 is 0.866 bits per heavy atom. The molecule has 6 aromatic rings. The second-order valence-electron chi connectivity index (χ2n) is 40.9. The Morgan fingerprint density at radius 3 is 1.31 bits per heavy atom. The fourth-order valence-corrected chi connectivity index (χ4v) is 21.9. The van der Waals surface area contributed by atoms with Crippen LogP contribution < -0.4 is 19.9 Å². The van der Waals surface area contributed by atoms with Gasteiger partial charge in [0.05, 0.1) is 80.9 Å². The van der Waals surface area contributed by atoms with Crippen molar-refractivity contribution < 1.29 is 127 Å². The third-order valence-corrected chi connectivity index (χ3v) is 29.5. The van der Waals surface area contributed by atoms with E-state index in [0.29, 0.717) is 49.0 Å². The maximum atomic E-state index is 14.2. The van der Waals surface area contributed by atoms with Crippen molar-refractivity contribution >= 4 is 71.4 Å². The van der Waals surface area contributed by atoms with Crippen molar-refractivity contribution in [2.24, 2.45) is 69.5 Å². The summed E-state index contributed by atoms with van der Waals surface area (Å²) in [5.41, 5.74) is 0.447. The van der Waals surface area contributed by atoms with E-state index in [1.165, 1.54) is 20.2 Å². The largest absolute Gasteiger partial charge is 0.540 e. The topological polar surface area (TPSA) is 318 Å². The molecule has 3 saturated carbocycles. The standard InChI is InChI=1S/C33H46N3O5.C32H45N4O5.C31H44N5O6.3V/c1-6-24-26(21-37)36-20-28(24)40-27-18-29-34-15-16-35(29)19-22(27)11-8-7-9-12-23-13-10-14-33(23,5)41-30(38)17-25(31(36)39)32(2,3)4;1-6-22-25(20-37)35-18-26(22)40-27-19-36-28(14-16-33-36)34-24(27)13-9-7-8-11-21-12-10-15-32(21,5)41-29(38)17-23(30(35)39)31(2,3)4;1-6-21-23(19-37)35-18-24(21)41-28-33-25-13-15-32-36(25)29(40)34(28)16-9-7-8-11-20-12-10-14-31(20,5)42-26(38)17-22(27(35)39)30(2,3)4;;;/h15-16,18-19,23-26,28H,6-14,17,20H2,1-5H3;14,16,19,21-23,25-26H,6-13,15,17-18H2,1-5H3;13,15,20-24H,6-12,14,16-18H2,1-5H3;;;/q3*-1;;;/t23-,24+,25-,26-,28+,33-;21-,22+,23-,25-,26+,32-;20-,21+,22-,23-,24+,31-;;;/m111.../s1. The van der Waals surface area contributed by atoms with Gasteiger partial charge in [0, 0.05) is 105 Å². The summed E-state index contributed by atoms with van der Waals surface area (Å²) in [4.78, 5) is 152. The molecular weight excluding hydrogens is 1730 g/mol. The van der Waals surface area contributed by atoms with E-state index in [4.69, 9.17) is 33.4 Å². The molecule has 6 fully saturated rings.